The van der Waals surface area contributed by atoms with Crippen LogP contribution in [-0.4, -0.2) is 5.78 Å². The number of hydrogen-bond acceptors (Lipinski definition) is 1. The molecule has 0 unspecified atom stereocenters. The molecule has 46 heavy (non-hydrogen) atoms. The number of ketones is 1. The first-order valence-corrected chi connectivity index (χ1v) is 22.3. The fourth-order valence-corrected chi connectivity index (χ4v) is 7.28. The van der Waals surface area contributed by atoms with Crippen molar-refractivity contribution in [3.8, 4) is 0 Å². The molecule has 0 aliphatic rings. The molecule has 0 rings (SSSR count). The van der Waals surface area contributed by atoms with Gasteiger partial charge in [0.2, 0.25) is 0 Å². The number of carbonyl (C=O) groups is 1. The summed E-state index contributed by atoms with van der Waals surface area (Å²) < 4.78 is 0. The van der Waals surface area contributed by atoms with Gasteiger partial charge in [0.05, 0.1) is 0 Å². The summed E-state index contributed by atoms with van der Waals surface area (Å²) in [7, 11) is 0. The van der Waals surface area contributed by atoms with Gasteiger partial charge < -0.3 is 0 Å². The highest BCUT2D eigenvalue weighted by Gasteiger charge is 2.02. The average molecular weight is 647 g/mol. The Bertz CT molecular complexity index is 539. The van der Waals surface area contributed by atoms with Crippen molar-refractivity contribution in [3.63, 3.8) is 0 Å². The normalized spacial score (nSPS) is 11.5. The van der Waals surface area contributed by atoms with Gasteiger partial charge in [0.1, 0.15) is 5.78 Å². The summed E-state index contributed by atoms with van der Waals surface area (Å²) in [6.07, 6.45) is 58.3. The zero-order valence-corrected chi connectivity index (χ0v) is 32.6. The Kier molecular flexibility index (Phi) is 42.4. The van der Waals surface area contributed by atoms with Crippen LogP contribution in [0.2, 0.25) is 0 Å². The molecule has 0 heterocycles. The van der Waals surface area contributed by atoms with E-state index in [9.17, 15) is 4.79 Å². The molecule has 0 bridgehead atoms. The third-order valence-electron chi connectivity index (χ3n) is 10.6. The molecule has 0 aromatic rings. The number of unbranched alkanes of at least 4 members (excludes halogenated alkanes) is 38. The molecular weight excluding hydrogens is 556 g/mol. The average Bonchev–Trinajstić information content (AvgIpc) is 3.06. The van der Waals surface area contributed by atoms with Gasteiger partial charge in [0.25, 0.3) is 0 Å². The summed E-state index contributed by atoms with van der Waals surface area (Å²) in [6, 6.07) is 0. The zero-order chi connectivity index (χ0) is 33.3. The molecule has 0 amide bonds. The topological polar surface area (TPSA) is 17.1 Å². The van der Waals surface area contributed by atoms with Gasteiger partial charge in [-0.15, -0.1) is 0 Å². The second-order valence-corrected chi connectivity index (χ2v) is 15.5. The van der Waals surface area contributed by atoms with Crippen molar-refractivity contribution >= 4 is 5.78 Å². The molecule has 1 nitrogen and oxygen atoms in total. The standard InChI is InChI=1S/C45H90O/c1-3-5-7-9-11-13-15-17-19-20-21-22-23-24-25-26-27-28-29-30-32-34-36-38-40-42-44-45(46)43-41-39-37-35-33-31-18-16-14-12-10-8-6-4-2/h3-44H2,1-2H3. The molecule has 0 aliphatic heterocycles. The zero-order valence-electron chi connectivity index (χ0n) is 32.6. The highest BCUT2D eigenvalue weighted by Crippen LogP contribution is 2.17. The minimum atomic E-state index is 0.531. The molecule has 0 saturated carbocycles. The summed E-state index contributed by atoms with van der Waals surface area (Å²) in [5.74, 6) is 0.531. The Morgan fingerprint density at radius 2 is 0.348 bits per heavy atom. The van der Waals surface area contributed by atoms with Crippen LogP contribution in [0.5, 0.6) is 0 Å². The van der Waals surface area contributed by atoms with E-state index in [1.165, 1.54) is 244 Å². The van der Waals surface area contributed by atoms with Gasteiger partial charge in [-0.3, -0.25) is 4.79 Å². The molecule has 0 saturated heterocycles. The Hall–Kier alpha value is -0.330. The molecule has 0 atom stereocenters. The highest BCUT2D eigenvalue weighted by atomic mass is 16.1. The van der Waals surface area contributed by atoms with Crippen LogP contribution >= 0.6 is 0 Å². The quantitative estimate of drug-likeness (QED) is 0.0603. The second-order valence-electron chi connectivity index (χ2n) is 15.5. The molecule has 0 N–H and O–H groups in total. The van der Waals surface area contributed by atoms with E-state index in [2.05, 4.69) is 13.8 Å². The van der Waals surface area contributed by atoms with Gasteiger partial charge >= 0.3 is 0 Å². The van der Waals surface area contributed by atoms with Crippen molar-refractivity contribution in [2.24, 2.45) is 0 Å². The van der Waals surface area contributed by atoms with E-state index >= 15 is 0 Å². The summed E-state index contributed by atoms with van der Waals surface area (Å²) in [5.41, 5.74) is 0. The summed E-state index contributed by atoms with van der Waals surface area (Å²) in [5, 5.41) is 0. The summed E-state index contributed by atoms with van der Waals surface area (Å²) in [6.45, 7) is 4.60. The Labute approximate surface area is 293 Å². The molecule has 0 aliphatic carbocycles. The predicted molar refractivity (Wildman–Crippen MR) is 210 cm³/mol. The molecule has 0 fully saturated rings. The Morgan fingerprint density at radius 3 is 0.500 bits per heavy atom. The maximum Gasteiger partial charge on any atom is 0.132 e. The van der Waals surface area contributed by atoms with E-state index in [0.717, 1.165) is 25.7 Å². The lowest BCUT2D eigenvalue weighted by Gasteiger charge is -2.05. The van der Waals surface area contributed by atoms with Crippen LogP contribution in [0, 0.1) is 0 Å². The van der Waals surface area contributed by atoms with Gasteiger partial charge in [0, 0.05) is 12.8 Å². The monoisotopic (exact) mass is 647 g/mol. The van der Waals surface area contributed by atoms with Gasteiger partial charge in [-0.1, -0.05) is 258 Å². The molecule has 0 aromatic carbocycles. The maximum atomic E-state index is 12.2. The van der Waals surface area contributed by atoms with Crippen LogP contribution in [0.25, 0.3) is 0 Å². The lowest BCUT2D eigenvalue weighted by atomic mass is 10.0. The van der Waals surface area contributed by atoms with Crippen LogP contribution in [-0.2, 0) is 4.79 Å². The Balaban J connectivity index is 3.13. The van der Waals surface area contributed by atoms with Gasteiger partial charge in [-0.05, 0) is 12.8 Å². The molecule has 0 spiro atoms. The fourth-order valence-electron chi connectivity index (χ4n) is 7.28. The van der Waals surface area contributed by atoms with E-state index in [-0.39, 0.29) is 0 Å². The largest absolute Gasteiger partial charge is 0.300 e. The van der Waals surface area contributed by atoms with Crippen molar-refractivity contribution in [2.75, 3.05) is 0 Å². The fraction of sp³-hybridized carbons (Fsp3) is 0.978. The maximum absolute atomic E-state index is 12.2. The molecular formula is C45H90O. The van der Waals surface area contributed by atoms with E-state index < -0.39 is 0 Å². The smallest absolute Gasteiger partial charge is 0.132 e. The van der Waals surface area contributed by atoms with Crippen LogP contribution in [0.1, 0.15) is 284 Å². The van der Waals surface area contributed by atoms with Crippen molar-refractivity contribution < 1.29 is 4.79 Å². The lowest BCUT2D eigenvalue weighted by Crippen LogP contribution is -1.97. The third-order valence-corrected chi connectivity index (χ3v) is 10.6. The number of carbonyl (C=O) groups excluding carboxylic acids is 1. The number of rotatable bonds is 42. The van der Waals surface area contributed by atoms with Gasteiger partial charge in [-0.2, -0.15) is 0 Å². The third kappa shape index (κ3) is 41.7. The minimum absolute atomic E-state index is 0.531. The minimum Gasteiger partial charge on any atom is -0.300 e. The van der Waals surface area contributed by atoms with E-state index in [0.29, 0.717) is 5.78 Å². The van der Waals surface area contributed by atoms with E-state index in [4.69, 9.17) is 0 Å². The first-order chi connectivity index (χ1) is 22.8. The van der Waals surface area contributed by atoms with Crippen LogP contribution < -0.4 is 0 Å². The van der Waals surface area contributed by atoms with Crippen LogP contribution in [0.4, 0.5) is 0 Å². The van der Waals surface area contributed by atoms with E-state index in [1.54, 1.807) is 0 Å². The van der Waals surface area contributed by atoms with Gasteiger partial charge in [0.15, 0.2) is 0 Å². The molecule has 0 aromatic heterocycles. The number of Topliss-reactive ketones (excluding diaryl/α,β-unsaturated/α-hetero) is 1. The summed E-state index contributed by atoms with van der Waals surface area (Å²) in [4.78, 5) is 12.2. The Morgan fingerprint density at radius 1 is 0.217 bits per heavy atom. The highest BCUT2D eigenvalue weighted by molar-refractivity contribution is 5.78. The first kappa shape index (κ1) is 45.7. The number of hydrogen-bond donors (Lipinski definition) is 0. The van der Waals surface area contributed by atoms with Crippen LogP contribution in [0.3, 0.4) is 0 Å². The lowest BCUT2D eigenvalue weighted by molar-refractivity contribution is -0.119. The van der Waals surface area contributed by atoms with Crippen molar-refractivity contribution in [2.45, 2.75) is 284 Å². The molecule has 1 heteroatoms. The van der Waals surface area contributed by atoms with Crippen molar-refractivity contribution in [3.05, 3.63) is 0 Å². The van der Waals surface area contributed by atoms with Crippen molar-refractivity contribution in [1.29, 1.82) is 0 Å². The summed E-state index contributed by atoms with van der Waals surface area (Å²) >= 11 is 0. The first-order valence-electron chi connectivity index (χ1n) is 22.3. The van der Waals surface area contributed by atoms with E-state index in [1.807, 2.05) is 0 Å². The second kappa shape index (κ2) is 42.7. The SMILES string of the molecule is CCCCCCCCCCCCCCCCCCCCCCCCCCCCC(=O)CCCCCCCCCCCCCCCC. The molecule has 276 valence electrons. The van der Waals surface area contributed by atoms with Gasteiger partial charge in [-0.25, -0.2) is 0 Å². The molecule has 0 radical (unpaired) electrons. The predicted octanol–water partition coefficient (Wildman–Crippen LogP) is 17.0. The van der Waals surface area contributed by atoms with Crippen molar-refractivity contribution in [1.82, 2.24) is 0 Å². The van der Waals surface area contributed by atoms with Crippen LogP contribution in [0.15, 0.2) is 0 Å².